The molecule has 28 heavy (non-hydrogen) atoms. The lowest BCUT2D eigenvalue weighted by molar-refractivity contribution is 0.102. The molecule has 0 bridgehead atoms. The molecule has 0 fully saturated rings. The molecule has 3 aromatic rings. The highest BCUT2D eigenvalue weighted by Crippen LogP contribution is 2.27. The van der Waals surface area contributed by atoms with Gasteiger partial charge in [-0.2, -0.15) is 4.99 Å². The first-order chi connectivity index (χ1) is 13.2. The van der Waals surface area contributed by atoms with Crippen molar-refractivity contribution in [2.24, 2.45) is 16.5 Å². The minimum absolute atomic E-state index is 0.0190. The lowest BCUT2D eigenvalue weighted by Gasteiger charge is -2.19. The maximum Gasteiger partial charge on any atom is 0.255 e. The minimum atomic E-state index is -0.142. The molecule has 0 atom stereocenters. The average Bonchev–Trinajstić information content (AvgIpc) is 3.09. The van der Waals surface area contributed by atoms with Crippen molar-refractivity contribution in [3.8, 4) is 11.3 Å². The van der Waals surface area contributed by atoms with Gasteiger partial charge in [-0.05, 0) is 35.2 Å². The van der Waals surface area contributed by atoms with E-state index in [1.54, 1.807) is 0 Å². The second-order valence-corrected chi connectivity index (χ2v) is 8.25. The third-order valence-corrected chi connectivity index (χ3v) is 4.90. The number of thiazole rings is 1. The maximum atomic E-state index is 12.5. The van der Waals surface area contributed by atoms with Crippen LogP contribution in [-0.4, -0.2) is 16.9 Å². The van der Waals surface area contributed by atoms with Crippen molar-refractivity contribution in [2.75, 3.05) is 5.32 Å². The van der Waals surface area contributed by atoms with Crippen molar-refractivity contribution in [1.82, 2.24) is 4.98 Å². The number of hydrogen-bond donors (Lipinski definition) is 3. The summed E-state index contributed by atoms with van der Waals surface area (Å²) in [6, 6.07) is 15.2. The summed E-state index contributed by atoms with van der Waals surface area (Å²) in [5, 5.41) is 5.30. The minimum Gasteiger partial charge on any atom is -0.370 e. The molecule has 3 rings (SSSR count). The quantitative estimate of drug-likeness (QED) is 0.455. The monoisotopic (exact) mass is 393 g/mol. The number of benzene rings is 2. The molecule has 0 aliphatic rings. The van der Waals surface area contributed by atoms with Crippen LogP contribution in [0.1, 0.15) is 36.7 Å². The van der Waals surface area contributed by atoms with Gasteiger partial charge in [-0.1, -0.05) is 45.0 Å². The molecule has 1 heterocycles. The molecule has 0 aliphatic carbocycles. The fourth-order valence-corrected chi connectivity index (χ4v) is 3.32. The van der Waals surface area contributed by atoms with Gasteiger partial charge < -0.3 is 16.8 Å². The third-order valence-electron chi connectivity index (χ3n) is 4.17. The van der Waals surface area contributed by atoms with Crippen LogP contribution in [-0.2, 0) is 5.41 Å². The van der Waals surface area contributed by atoms with Gasteiger partial charge >= 0.3 is 0 Å². The molecule has 144 valence electrons. The van der Waals surface area contributed by atoms with Gasteiger partial charge in [-0.15, -0.1) is 11.3 Å². The summed E-state index contributed by atoms with van der Waals surface area (Å²) in [6.07, 6.45) is 0. The van der Waals surface area contributed by atoms with E-state index in [1.165, 1.54) is 16.9 Å². The van der Waals surface area contributed by atoms with Crippen molar-refractivity contribution >= 4 is 34.0 Å². The number of guanidine groups is 1. The van der Waals surface area contributed by atoms with E-state index in [1.807, 2.05) is 53.9 Å². The SMILES string of the molecule is CC(C)(C)c1ccc(C(=O)Nc2ccc(-c3csc(N=C(N)N)n3)cc2)cc1. The molecular formula is C21H23N5OS. The number of hydrogen-bond acceptors (Lipinski definition) is 4. The Hall–Kier alpha value is -3.19. The van der Waals surface area contributed by atoms with Crippen LogP contribution < -0.4 is 16.8 Å². The van der Waals surface area contributed by atoms with Crippen molar-refractivity contribution in [2.45, 2.75) is 26.2 Å². The first-order valence-electron chi connectivity index (χ1n) is 8.80. The standard InChI is InChI=1S/C21H23N5OS/c1-21(2,3)15-8-4-14(5-9-15)18(27)24-16-10-6-13(7-11-16)17-12-28-20(25-17)26-19(22)23/h4-12H,1-3H3,(H,24,27)(H4,22,23,25,26). The number of aliphatic imine (C=N–C) groups is 1. The Morgan fingerprint density at radius 1 is 1.04 bits per heavy atom. The number of nitrogens with two attached hydrogens (primary N) is 2. The highest BCUT2D eigenvalue weighted by Gasteiger charge is 2.14. The van der Waals surface area contributed by atoms with Crippen LogP contribution in [0, 0.1) is 0 Å². The van der Waals surface area contributed by atoms with E-state index >= 15 is 0 Å². The highest BCUT2D eigenvalue weighted by molar-refractivity contribution is 7.13. The Balaban J connectivity index is 1.69. The second-order valence-electron chi connectivity index (χ2n) is 7.41. The molecular weight excluding hydrogens is 370 g/mol. The number of rotatable bonds is 4. The Morgan fingerprint density at radius 2 is 1.68 bits per heavy atom. The number of amides is 1. The van der Waals surface area contributed by atoms with Gasteiger partial charge in [0.2, 0.25) is 5.13 Å². The molecule has 1 aromatic heterocycles. The number of nitrogens with zero attached hydrogens (tertiary/aromatic N) is 2. The normalized spacial score (nSPS) is 11.1. The number of carbonyl (C=O) groups excluding carboxylic acids is 1. The number of nitrogens with one attached hydrogen (secondary N) is 1. The van der Waals surface area contributed by atoms with E-state index in [0.29, 0.717) is 16.4 Å². The summed E-state index contributed by atoms with van der Waals surface area (Å²) in [4.78, 5) is 20.8. The Morgan fingerprint density at radius 3 is 2.25 bits per heavy atom. The summed E-state index contributed by atoms with van der Waals surface area (Å²) in [5.41, 5.74) is 15.0. The lowest BCUT2D eigenvalue weighted by Crippen LogP contribution is -2.21. The predicted molar refractivity (Wildman–Crippen MR) is 116 cm³/mol. The molecule has 2 aromatic carbocycles. The van der Waals surface area contributed by atoms with E-state index in [-0.39, 0.29) is 17.3 Å². The largest absolute Gasteiger partial charge is 0.370 e. The average molecular weight is 394 g/mol. The maximum absolute atomic E-state index is 12.5. The Kier molecular flexibility index (Phi) is 5.46. The van der Waals surface area contributed by atoms with E-state index in [9.17, 15) is 4.79 Å². The van der Waals surface area contributed by atoms with Gasteiger partial charge in [0.15, 0.2) is 5.96 Å². The van der Waals surface area contributed by atoms with Crippen LogP contribution in [0.4, 0.5) is 10.8 Å². The second kappa shape index (κ2) is 7.82. The first-order valence-corrected chi connectivity index (χ1v) is 9.68. The van der Waals surface area contributed by atoms with Crippen LogP contribution >= 0.6 is 11.3 Å². The topological polar surface area (TPSA) is 106 Å². The Bertz CT molecular complexity index is 995. The van der Waals surface area contributed by atoms with E-state index in [0.717, 1.165) is 11.3 Å². The molecule has 0 unspecified atom stereocenters. The number of anilines is 1. The zero-order valence-electron chi connectivity index (χ0n) is 16.1. The smallest absolute Gasteiger partial charge is 0.255 e. The molecule has 6 nitrogen and oxygen atoms in total. The summed E-state index contributed by atoms with van der Waals surface area (Å²) in [5.74, 6) is -0.161. The fraction of sp³-hybridized carbons (Fsp3) is 0.190. The first kappa shape index (κ1) is 19.6. The molecule has 5 N–H and O–H groups in total. The summed E-state index contributed by atoms with van der Waals surface area (Å²) < 4.78 is 0. The van der Waals surface area contributed by atoms with Crippen molar-refractivity contribution < 1.29 is 4.79 Å². The molecule has 0 spiro atoms. The summed E-state index contributed by atoms with van der Waals surface area (Å²) in [7, 11) is 0. The third kappa shape index (κ3) is 4.75. The lowest BCUT2D eigenvalue weighted by atomic mass is 9.87. The van der Waals surface area contributed by atoms with Crippen molar-refractivity contribution in [3.63, 3.8) is 0 Å². The summed E-state index contributed by atoms with van der Waals surface area (Å²) >= 11 is 1.36. The van der Waals surface area contributed by atoms with Crippen molar-refractivity contribution in [3.05, 3.63) is 65.0 Å². The van der Waals surface area contributed by atoms with Crippen LogP contribution in [0.15, 0.2) is 58.9 Å². The zero-order chi connectivity index (χ0) is 20.3. The van der Waals surface area contributed by atoms with Crippen LogP contribution in [0.5, 0.6) is 0 Å². The van der Waals surface area contributed by atoms with Gasteiger partial charge in [0, 0.05) is 22.2 Å². The van der Waals surface area contributed by atoms with Crippen LogP contribution in [0.3, 0.4) is 0 Å². The van der Waals surface area contributed by atoms with Gasteiger partial charge in [-0.25, -0.2) is 4.98 Å². The molecule has 7 heteroatoms. The van der Waals surface area contributed by atoms with E-state index in [4.69, 9.17) is 11.5 Å². The fourth-order valence-electron chi connectivity index (χ4n) is 2.61. The predicted octanol–water partition coefficient (Wildman–Crippen LogP) is 4.26. The van der Waals surface area contributed by atoms with E-state index in [2.05, 4.69) is 36.1 Å². The van der Waals surface area contributed by atoms with Crippen LogP contribution in [0.25, 0.3) is 11.3 Å². The van der Waals surface area contributed by atoms with Gasteiger partial charge in [-0.3, -0.25) is 4.79 Å². The summed E-state index contributed by atoms with van der Waals surface area (Å²) in [6.45, 7) is 6.44. The molecule has 1 amide bonds. The molecule has 0 saturated carbocycles. The van der Waals surface area contributed by atoms with Crippen LogP contribution in [0.2, 0.25) is 0 Å². The van der Waals surface area contributed by atoms with E-state index < -0.39 is 0 Å². The molecule has 0 aliphatic heterocycles. The number of carbonyl (C=O) groups is 1. The zero-order valence-corrected chi connectivity index (χ0v) is 16.9. The molecule has 0 saturated heterocycles. The van der Waals surface area contributed by atoms with Gasteiger partial charge in [0.25, 0.3) is 5.91 Å². The number of aromatic nitrogens is 1. The Labute approximate surface area is 168 Å². The van der Waals surface area contributed by atoms with Gasteiger partial charge in [0.05, 0.1) is 5.69 Å². The van der Waals surface area contributed by atoms with Gasteiger partial charge in [0.1, 0.15) is 0 Å². The highest BCUT2D eigenvalue weighted by atomic mass is 32.1. The molecule has 0 radical (unpaired) electrons. The van der Waals surface area contributed by atoms with Crippen molar-refractivity contribution in [1.29, 1.82) is 0 Å².